The molecule has 2 atom stereocenters. The summed E-state index contributed by atoms with van der Waals surface area (Å²) in [6.07, 6.45) is -0.664. The molecule has 1 aromatic carbocycles. The van der Waals surface area contributed by atoms with E-state index in [2.05, 4.69) is 0 Å². The fraction of sp³-hybridized carbons (Fsp3) is 0.538. The van der Waals surface area contributed by atoms with E-state index in [0.717, 1.165) is 0 Å². The van der Waals surface area contributed by atoms with Gasteiger partial charge in [0.05, 0.1) is 45.5 Å². The molecule has 2 rings (SSSR count). The van der Waals surface area contributed by atoms with Crippen LogP contribution in [-0.4, -0.2) is 39.9 Å². The van der Waals surface area contributed by atoms with E-state index in [1.807, 2.05) is 0 Å². The summed E-state index contributed by atoms with van der Waals surface area (Å²) < 4.78 is 27.2. The molecule has 6 heteroatoms. The molecule has 0 aromatic heterocycles. The van der Waals surface area contributed by atoms with Gasteiger partial charge in [0, 0.05) is 12.1 Å². The van der Waals surface area contributed by atoms with Crippen LogP contribution in [0, 0.1) is 0 Å². The van der Waals surface area contributed by atoms with E-state index >= 15 is 0 Å². The predicted octanol–water partition coefficient (Wildman–Crippen LogP) is 2.37. The first-order valence-corrected chi connectivity index (χ1v) is 6.39. The maximum Gasteiger partial charge on any atom is 0.191 e. The Morgan fingerprint density at radius 3 is 2.21 bits per heavy atom. The van der Waals surface area contributed by atoms with Crippen LogP contribution in [0.15, 0.2) is 12.1 Å². The molecule has 0 N–H and O–H groups in total. The topological polar surface area (TPSA) is 46.2 Å². The van der Waals surface area contributed by atoms with Gasteiger partial charge in [-0.3, -0.25) is 0 Å². The molecule has 19 heavy (non-hydrogen) atoms. The van der Waals surface area contributed by atoms with Gasteiger partial charge >= 0.3 is 0 Å². The number of rotatable bonds is 5. The molecule has 1 saturated heterocycles. The van der Waals surface area contributed by atoms with Crippen LogP contribution in [0.3, 0.4) is 0 Å². The Bertz CT molecular complexity index is 412. The van der Waals surface area contributed by atoms with Crippen LogP contribution in [0.25, 0.3) is 0 Å². The van der Waals surface area contributed by atoms with Crippen molar-refractivity contribution in [1.82, 2.24) is 0 Å². The van der Waals surface area contributed by atoms with Crippen LogP contribution in [-0.2, 0) is 9.47 Å². The number of methoxy groups -OCH3 is 3. The number of hydrogen-bond acceptors (Lipinski definition) is 5. The lowest BCUT2D eigenvalue weighted by atomic mass is 10.1. The second-order valence-corrected chi connectivity index (χ2v) is 4.33. The third-order valence-electron chi connectivity index (χ3n) is 2.91. The van der Waals surface area contributed by atoms with Crippen LogP contribution < -0.4 is 14.2 Å². The highest BCUT2D eigenvalue weighted by Gasteiger charge is 2.32. The van der Waals surface area contributed by atoms with Crippen molar-refractivity contribution in [3.05, 3.63) is 17.7 Å². The van der Waals surface area contributed by atoms with Crippen LogP contribution >= 0.6 is 11.6 Å². The first kappa shape index (κ1) is 14.2. The summed E-state index contributed by atoms with van der Waals surface area (Å²) in [6.45, 7) is 0.451. The van der Waals surface area contributed by atoms with Crippen LogP contribution in [0.1, 0.15) is 11.9 Å². The highest BCUT2D eigenvalue weighted by atomic mass is 35.5. The number of benzene rings is 1. The zero-order valence-corrected chi connectivity index (χ0v) is 11.9. The number of hydrogen-bond donors (Lipinski definition) is 0. The predicted molar refractivity (Wildman–Crippen MR) is 70.4 cm³/mol. The van der Waals surface area contributed by atoms with Gasteiger partial charge in [-0.25, -0.2) is 0 Å². The van der Waals surface area contributed by atoms with Gasteiger partial charge in [-0.05, 0) is 0 Å². The third-order valence-corrected chi connectivity index (χ3v) is 3.25. The highest BCUT2D eigenvalue weighted by molar-refractivity contribution is 6.18. The van der Waals surface area contributed by atoms with Crippen molar-refractivity contribution < 1.29 is 23.7 Å². The zero-order valence-electron chi connectivity index (χ0n) is 11.1. The highest BCUT2D eigenvalue weighted by Crippen LogP contribution is 2.42. The maximum absolute atomic E-state index is 5.77. The molecule has 2 unspecified atom stereocenters. The smallest absolute Gasteiger partial charge is 0.191 e. The van der Waals surface area contributed by atoms with Crippen molar-refractivity contribution in [3.8, 4) is 17.2 Å². The van der Waals surface area contributed by atoms with E-state index in [9.17, 15) is 0 Å². The van der Waals surface area contributed by atoms with E-state index < -0.39 is 6.29 Å². The third kappa shape index (κ3) is 2.88. The number of halogens is 1. The first-order chi connectivity index (χ1) is 9.23. The van der Waals surface area contributed by atoms with Gasteiger partial charge in [0.2, 0.25) is 0 Å². The Balaban J connectivity index is 2.37. The van der Waals surface area contributed by atoms with E-state index in [1.54, 1.807) is 33.5 Å². The molecule has 1 aliphatic heterocycles. The Morgan fingerprint density at radius 1 is 1.16 bits per heavy atom. The first-order valence-electron chi connectivity index (χ1n) is 5.86. The van der Waals surface area contributed by atoms with E-state index in [0.29, 0.717) is 35.3 Å². The average Bonchev–Trinajstić information content (AvgIpc) is 2.94. The quantitative estimate of drug-likeness (QED) is 0.779. The summed E-state index contributed by atoms with van der Waals surface area (Å²) in [5, 5.41) is 0. The summed E-state index contributed by atoms with van der Waals surface area (Å²) in [6, 6.07) is 3.52. The van der Waals surface area contributed by atoms with Crippen molar-refractivity contribution in [2.75, 3.05) is 33.8 Å². The molecule has 0 amide bonds. The SMILES string of the molecule is COc1cc(OC)c(C2OCC(CCl)O2)c(OC)c1. The molecule has 0 saturated carbocycles. The van der Waals surface area contributed by atoms with E-state index in [1.165, 1.54) is 0 Å². The minimum Gasteiger partial charge on any atom is -0.496 e. The number of ether oxygens (including phenoxy) is 5. The van der Waals surface area contributed by atoms with Gasteiger partial charge in [0.25, 0.3) is 0 Å². The summed E-state index contributed by atoms with van der Waals surface area (Å²) in [5.41, 5.74) is 0.707. The Morgan fingerprint density at radius 2 is 1.79 bits per heavy atom. The standard InChI is InChI=1S/C13H17ClO5/c1-15-8-4-10(16-2)12(11(5-8)17-3)13-18-7-9(6-14)19-13/h4-5,9,13H,6-7H2,1-3H3. The van der Waals surface area contributed by atoms with Crippen molar-refractivity contribution in [2.45, 2.75) is 12.4 Å². The second-order valence-electron chi connectivity index (χ2n) is 4.02. The molecule has 0 bridgehead atoms. The van der Waals surface area contributed by atoms with Crippen molar-refractivity contribution in [3.63, 3.8) is 0 Å². The summed E-state index contributed by atoms with van der Waals surface area (Å²) in [5.74, 6) is 2.22. The minimum atomic E-state index is -0.542. The molecule has 106 valence electrons. The zero-order chi connectivity index (χ0) is 13.8. The lowest BCUT2D eigenvalue weighted by Crippen LogP contribution is -2.11. The molecular formula is C13H17ClO5. The van der Waals surface area contributed by atoms with Crippen LogP contribution in [0.4, 0.5) is 0 Å². The van der Waals surface area contributed by atoms with E-state index in [-0.39, 0.29) is 6.10 Å². The van der Waals surface area contributed by atoms with Crippen LogP contribution in [0.5, 0.6) is 17.2 Å². The van der Waals surface area contributed by atoms with Gasteiger partial charge in [-0.1, -0.05) is 0 Å². The monoisotopic (exact) mass is 288 g/mol. The second kappa shape index (κ2) is 6.32. The minimum absolute atomic E-state index is 0.122. The Kier molecular flexibility index (Phi) is 4.74. The molecule has 0 radical (unpaired) electrons. The molecule has 1 aliphatic rings. The van der Waals surface area contributed by atoms with Gasteiger partial charge in [-0.2, -0.15) is 0 Å². The van der Waals surface area contributed by atoms with Gasteiger partial charge in [0.1, 0.15) is 17.2 Å². The van der Waals surface area contributed by atoms with Crippen molar-refractivity contribution in [2.24, 2.45) is 0 Å². The van der Waals surface area contributed by atoms with E-state index in [4.69, 9.17) is 35.3 Å². The molecule has 1 aromatic rings. The molecule has 0 aliphatic carbocycles. The fourth-order valence-corrected chi connectivity index (χ4v) is 2.11. The Hall–Kier alpha value is -1.17. The maximum atomic E-state index is 5.77. The summed E-state index contributed by atoms with van der Waals surface area (Å²) in [7, 11) is 4.73. The van der Waals surface area contributed by atoms with Crippen LogP contribution in [0.2, 0.25) is 0 Å². The molecular weight excluding hydrogens is 272 g/mol. The lowest BCUT2D eigenvalue weighted by molar-refractivity contribution is -0.0592. The lowest BCUT2D eigenvalue weighted by Gasteiger charge is -2.18. The molecule has 1 fully saturated rings. The summed E-state index contributed by atoms with van der Waals surface area (Å²) >= 11 is 5.77. The normalized spacial score (nSPS) is 22.3. The molecule has 0 spiro atoms. The van der Waals surface area contributed by atoms with Crippen molar-refractivity contribution in [1.29, 1.82) is 0 Å². The number of alkyl halides is 1. The molecule has 5 nitrogen and oxygen atoms in total. The van der Waals surface area contributed by atoms with Gasteiger partial charge in [0.15, 0.2) is 6.29 Å². The largest absolute Gasteiger partial charge is 0.496 e. The fourth-order valence-electron chi connectivity index (χ4n) is 1.95. The average molecular weight is 289 g/mol. The molecule has 1 heterocycles. The van der Waals surface area contributed by atoms with Gasteiger partial charge in [-0.15, -0.1) is 11.6 Å². The summed E-state index contributed by atoms with van der Waals surface area (Å²) in [4.78, 5) is 0. The van der Waals surface area contributed by atoms with Crippen molar-refractivity contribution >= 4 is 11.6 Å². The van der Waals surface area contributed by atoms with Gasteiger partial charge < -0.3 is 23.7 Å². The Labute approximate surface area is 117 Å².